The zero-order valence-corrected chi connectivity index (χ0v) is 10.3. The van der Waals surface area contributed by atoms with Crippen molar-refractivity contribution in [1.82, 2.24) is 0 Å². The molecule has 0 saturated carbocycles. The van der Waals surface area contributed by atoms with Crippen molar-refractivity contribution < 1.29 is 5.11 Å². The van der Waals surface area contributed by atoms with Gasteiger partial charge in [-0.1, -0.05) is 47.5 Å². The Morgan fingerprint density at radius 1 is 1.00 bits per heavy atom. The minimum atomic E-state index is 0.292. The second-order valence-electron chi connectivity index (χ2n) is 3.95. The molecule has 0 amide bonds. The summed E-state index contributed by atoms with van der Waals surface area (Å²) in [6, 6.07) is 13.1. The third-order valence-corrected chi connectivity index (χ3v) is 2.76. The molecule has 0 heterocycles. The fourth-order valence-electron chi connectivity index (χ4n) is 1.57. The Bertz CT molecular complexity index is 541. The van der Waals surface area contributed by atoms with Crippen molar-refractivity contribution in [2.75, 3.05) is 0 Å². The molecule has 0 aliphatic carbocycles. The van der Waals surface area contributed by atoms with Crippen LogP contribution < -0.4 is 0 Å². The van der Waals surface area contributed by atoms with Crippen LogP contribution in [0.2, 0.25) is 5.02 Å². The van der Waals surface area contributed by atoms with Gasteiger partial charge in [0.05, 0.1) is 0 Å². The Hall–Kier alpha value is -1.73. The van der Waals surface area contributed by atoms with Crippen LogP contribution in [-0.2, 0) is 0 Å². The van der Waals surface area contributed by atoms with E-state index in [0.29, 0.717) is 5.75 Å². The normalized spacial score (nSPS) is 10.9. The first-order valence-electron chi connectivity index (χ1n) is 5.38. The average Bonchev–Trinajstić information content (AvgIpc) is 2.32. The summed E-state index contributed by atoms with van der Waals surface area (Å²) in [5, 5.41) is 10.4. The fourth-order valence-corrected chi connectivity index (χ4v) is 1.69. The number of phenols is 1. The summed E-state index contributed by atoms with van der Waals surface area (Å²) in [7, 11) is 0. The van der Waals surface area contributed by atoms with Crippen molar-refractivity contribution in [3.05, 3.63) is 64.2 Å². The molecule has 0 spiro atoms. The quantitative estimate of drug-likeness (QED) is 0.770. The number of rotatable bonds is 2. The predicted molar refractivity (Wildman–Crippen MR) is 73.2 cm³/mol. The third kappa shape index (κ3) is 3.11. The molecule has 0 unspecified atom stereocenters. The van der Waals surface area contributed by atoms with E-state index in [1.165, 1.54) is 0 Å². The van der Waals surface area contributed by atoms with E-state index >= 15 is 0 Å². The van der Waals surface area contributed by atoms with Crippen LogP contribution in [0.25, 0.3) is 12.2 Å². The van der Waals surface area contributed by atoms with Gasteiger partial charge in [-0.05, 0) is 36.8 Å². The highest BCUT2D eigenvalue weighted by Crippen LogP contribution is 2.21. The van der Waals surface area contributed by atoms with Gasteiger partial charge in [-0.2, -0.15) is 0 Å². The molecule has 0 fully saturated rings. The molecule has 2 aromatic rings. The number of hydrogen-bond acceptors (Lipinski definition) is 1. The highest BCUT2D eigenvalue weighted by atomic mass is 35.5. The van der Waals surface area contributed by atoms with Gasteiger partial charge in [0.1, 0.15) is 5.75 Å². The maximum atomic E-state index is 9.68. The van der Waals surface area contributed by atoms with Crippen molar-refractivity contribution in [1.29, 1.82) is 0 Å². The second kappa shape index (κ2) is 5.07. The number of aromatic hydroxyl groups is 1. The topological polar surface area (TPSA) is 20.2 Å². The highest BCUT2D eigenvalue weighted by Gasteiger charge is 1.96. The molecule has 0 radical (unpaired) electrons. The van der Waals surface area contributed by atoms with Crippen molar-refractivity contribution in [2.45, 2.75) is 6.92 Å². The van der Waals surface area contributed by atoms with Crippen LogP contribution in [0, 0.1) is 6.92 Å². The molecule has 2 rings (SSSR count). The molecule has 2 heteroatoms. The lowest BCUT2D eigenvalue weighted by molar-refractivity contribution is 0.474. The van der Waals surface area contributed by atoms with Crippen molar-refractivity contribution in [3.8, 4) is 5.75 Å². The van der Waals surface area contributed by atoms with Crippen LogP contribution in [0.4, 0.5) is 0 Å². The van der Waals surface area contributed by atoms with Gasteiger partial charge in [0.25, 0.3) is 0 Å². The Balaban J connectivity index is 2.25. The number of phenolic OH excluding ortho intramolecular Hbond substituents is 1. The maximum Gasteiger partial charge on any atom is 0.122 e. The zero-order valence-electron chi connectivity index (χ0n) is 9.52. The molecule has 0 saturated heterocycles. The minimum absolute atomic E-state index is 0.292. The molecule has 1 nitrogen and oxygen atoms in total. The largest absolute Gasteiger partial charge is 0.507 e. The molecule has 0 bridgehead atoms. The number of halogens is 1. The van der Waals surface area contributed by atoms with Crippen LogP contribution in [0.5, 0.6) is 5.75 Å². The molecule has 0 aliphatic rings. The van der Waals surface area contributed by atoms with Crippen LogP contribution >= 0.6 is 11.6 Å². The molecule has 1 N–H and O–H groups in total. The number of hydrogen-bond donors (Lipinski definition) is 1. The summed E-state index contributed by atoms with van der Waals surface area (Å²) in [5.41, 5.74) is 2.99. The summed E-state index contributed by atoms with van der Waals surface area (Å²) in [4.78, 5) is 0. The van der Waals surface area contributed by atoms with Gasteiger partial charge < -0.3 is 5.11 Å². The SMILES string of the molecule is Cc1ccc(O)c(/C=C/c2ccc(Cl)cc2)c1. The van der Waals surface area contributed by atoms with Gasteiger partial charge >= 0.3 is 0 Å². The lowest BCUT2D eigenvalue weighted by Crippen LogP contribution is -1.78. The second-order valence-corrected chi connectivity index (χ2v) is 4.38. The van der Waals surface area contributed by atoms with Gasteiger partial charge in [0.15, 0.2) is 0 Å². The molecular formula is C15H13ClO. The number of benzene rings is 2. The van der Waals surface area contributed by atoms with E-state index in [0.717, 1.165) is 21.7 Å². The van der Waals surface area contributed by atoms with E-state index < -0.39 is 0 Å². The van der Waals surface area contributed by atoms with Crippen molar-refractivity contribution in [3.63, 3.8) is 0 Å². The molecular weight excluding hydrogens is 232 g/mol. The Labute approximate surface area is 106 Å². The summed E-state index contributed by atoms with van der Waals surface area (Å²) < 4.78 is 0. The first kappa shape index (κ1) is 11.7. The smallest absolute Gasteiger partial charge is 0.122 e. The van der Waals surface area contributed by atoms with Crippen molar-refractivity contribution in [2.24, 2.45) is 0 Å². The van der Waals surface area contributed by atoms with Gasteiger partial charge in [-0.3, -0.25) is 0 Å². The number of aryl methyl sites for hydroxylation is 1. The zero-order chi connectivity index (χ0) is 12.3. The summed E-state index contributed by atoms with van der Waals surface area (Å²) in [5.74, 6) is 0.292. The first-order valence-corrected chi connectivity index (χ1v) is 5.76. The molecule has 0 atom stereocenters. The maximum absolute atomic E-state index is 9.68. The van der Waals surface area contributed by atoms with E-state index in [4.69, 9.17) is 11.6 Å². The van der Waals surface area contributed by atoms with Gasteiger partial charge in [-0.25, -0.2) is 0 Å². The summed E-state index contributed by atoms with van der Waals surface area (Å²) in [6.45, 7) is 2.00. The summed E-state index contributed by atoms with van der Waals surface area (Å²) in [6.07, 6.45) is 3.84. The van der Waals surface area contributed by atoms with Crippen LogP contribution in [0.3, 0.4) is 0 Å². The van der Waals surface area contributed by atoms with Gasteiger partial charge in [0, 0.05) is 10.6 Å². The van der Waals surface area contributed by atoms with E-state index in [-0.39, 0.29) is 0 Å². The molecule has 0 aliphatic heterocycles. The lowest BCUT2D eigenvalue weighted by Gasteiger charge is -2.00. The van der Waals surface area contributed by atoms with Gasteiger partial charge in [0.2, 0.25) is 0 Å². The van der Waals surface area contributed by atoms with E-state index in [2.05, 4.69) is 0 Å². The highest BCUT2D eigenvalue weighted by molar-refractivity contribution is 6.30. The van der Waals surface area contributed by atoms with Gasteiger partial charge in [-0.15, -0.1) is 0 Å². The fraction of sp³-hybridized carbons (Fsp3) is 0.0667. The van der Waals surface area contributed by atoms with E-state index in [1.807, 2.05) is 55.5 Å². The third-order valence-electron chi connectivity index (χ3n) is 2.51. The average molecular weight is 245 g/mol. The predicted octanol–water partition coefficient (Wildman–Crippen LogP) is 4.52. The Morgan fingerprint density at radius 3 is 2.41 bits per heavy atom. The Kier molecular flexibility index (Phi) is 3.50. The molecule has 17 heavy (non-hydrogen) atoms. The van der Waals surface area contributed by atoms with Crippen molar-refractivity contribution >= 4 is 23.8 Å². The minimum Gasteiger partial charge on any atom is -0.507 e. The van der Waals surface area contributed by atoms with Crippen LogP contribution in [-0.4, -0.2) is 5.11 Å². The molecule has 2 aromatic carbocycles. The lowest BCUT2D eigenvalue weighted by atomic mass is 10.1. The summed E-state index contributed by atoms with van der Waals surface area (Å²) >= 11 is 5.81. The van der Waals surface area contributed by atoms with Crippen LogP contribution in [0.15, 0.2) is 42.5 Å². The monoisotopic (exact) mass is 244 g/mol. The standard InChI is InChI=1S/C15H13ClO/c1-11-2-9-15(17)13(10-11)6-3-12-4-7-14(16)8-5-12/h2-10,17H,1H3/b6-3+. The Morgan fingerprint density at radius 2 is 1.71 bits per heavy atom. The van der Waals surface area contributed by atoms with E-state index in [1.54, 1.807) is 6.07 Å². The van der Waals surface area contributed by atoms with E-state index in [9.17, 15) is 5.11 Å². The molecule has 86 valence electrons. The van der Waals surface area contributed by atoms with Crippen LogP contribution in [0.1, 0.15) is 16.7 Å². The molecule has 0 aromatic heterocycles. The first-order chi connectivity index (χ1) is 8.15.